The number of hydrogen-bond acceptors (Lipinski definition) is 3. The summed E-state index contributed by atoms with van der Waals surface area (Å²) in [5, 5.41) is 0. The summed E-state index contributed by atoms with van der Waals surface area (Å²) in [6, 6.07) is 15.6. The molecule has 0 saturated heterocycles. The van der Waals surface area contributed by atoms with Crippen molar-refractivity contribution in [2.45, 2.75) is 12.5 Å². The third-order valence-electron chi connectivity index (χ3n) is 3.09. The van der Waals surface area contributed by atoms with Crippen LogP contribution in [-0.2, 0) is 16.0 Å². The van der Waals surface area contributed by atoms with Gasteiger partial charge in [-0.25, -0.2) is 0 Å². The van der Waals surface area contributed by atoms with Gasteiger partial charge < -0.3 is 10.5 Å². The maximum atomic E-state index is 11.3. The molecular weight excluding hydrogens is 354 g/mol. The molecule has 5 heteroatoms. The number of nitrogens with two attached hydrogens (primary N) is 1. The van der Waals surface area contributed by atoms with Gasteiger partial charge in [-0.3, -0.25) is 4.79 Å². The summed E-state index contributed by atoms with van der Waals surface area (Å²) in [7, 11) is 1.35. The van der Waals surface area contributed by atoms with Gasteiger partial charge in [0.2, 0.25) is 0 Å². The van der Waals surface area contributed by atoms with Gasteiger partial charge in [0.1, 0.15) is 6.04 Å². The first-order valence-corrected chi connectivity index (χ1v) is 7.08. The molecule has 0 saturated carbocycles. The van der Waals surface area contributed by atoms with E-state index in [1.807, 2.05) is 36.4 Å². The van der Waals surface area contributed by atoms with Crippen LogP contribution in [0.3, 0.4) is 0 Å². The predicted molar refractivity (Wildman–Crippen MR) is 90.5 cm³/mol. The van der Waals surface area contributed by atoms with Crippen LogP contribution in [0.2, 0.25) is 0 Å². The molecule has 0 radical (unpaired) electrons. The van der Waals surface area contributed by atoms with Crippen molar-refractivity contribution in [3.05, 3.63) is 58.6 Å². The highest BCUT2D eigenvalue weighted by molar-refractivity contribution is 9.10. The highest BCUT2D eigenvalue weighted by Crippen LogP contribution is 2.22. The van der Waals surface area contributed by atoms with Gasteiger partial charge in [0.25, 0.3) is 0 Å². The summed E-state index contributed by atoms with van der Waals surface area (Å²) >= 11 is 3.42. The van der Waals surface area contributed by atoms with E-state index < -0.39 is 6.04 Å². The number of halogens is 2. The molecular formula is C16H17BrClNO2. The molecule has 3 nitrogen and oxygen atoms in total. The molecule has 0 fully saturated rings. The zero-order valence-electron chi connectivity index (χ0n) is 11.6. The van der Waals surface area contributed by atoms with Crippen molar-refractivity contribution < 1.29 is 9.53 Å². The van der Waals surface area contributed by atoms with E-state index >= 15 is 0 Å². The molecule has 2 N–H and O–H groups in total. The Morgan fingerprint density at radius 1 is 1.10 bits per heavy atom. The smallest absolute Gasteiger partial charge is 0.322 e. The number of rotatable bonds is 4. The van der Waals surface area contributed by atoms with Crippen LogP contribution < -0.4 is 5.73 Å². The van der Waals surface area contributed by atoms with Gasteiger partial charge in [0, 0.05) is 4.47 Å². The van der Waals surface area contributed by atoms with Crippen molar-refractivity contribution in [3.8, 4) is 11.1 Å². The Morgan fingerprint density at radius 2 is 1.57 bits per heavy atom. The van der Waals surface area contributed by atoms with Crippen LogP contribution in [0.15, 0.2) is 53.0 Å². The summed E-state index contributed by atoms with van der Waals surface area (Å²) < 4.78 is 5.68. The van der Waals surface area contributed by atoms with Crippen LogP contribution in [0.5, 0.6) is 0 Å². The molecule has 0 heterocycles. The van der Waals surface area contributed by atoms with Gasteiger partial charge in [-0.2, -0.15) is 0 Å². The minimum atomic E-state index is -0.612. The Kier molecular flexibility index (Phi) is 6.89. The Bertz CT molecular complexity index is 584. The fourth-order valence-electron chi connectivity index (χ4n) is 1.96. The van der Waals surface area contributed by atoms with Crippen LogP contribution in [0.25, 0.3) is 11.1 Å². The van der Waals surface area contributed by atoms with Gasteiger partial charge in [0.05, 0.1) is 7.11 Å². The molecule has 0 amide bonds. The van der Waals surface area contributed by atoms with Gasteiger partial charge in [-0.1, -0.05) is 52.3 Å². The fraction of sp³-hybridized carbons (Fsp3) is 0.188. The predicted octanol–water partition coefficient (Wildman–Crippen LogP) is 3.58. The molecule has 0 aliphatic carbocycles. The second kappa shape index (κ2) is 8.17. The number of ether oxygens (including phenoxy) is 1. The molecule has 2 aromatic rings. The molecule has 0 spiro atoms. The Hall–Kier alpha value is -1.36. The molecule has 0 aliphatic heterocycles. The van der Waals surface area contributed by atoms with E-state index in [0.29, 0.717) is 6.42 Å². The van der Waals surface area contributed by atoms with Crippen LogP contribution in [0.4, 0.5) is 0 Å². The SMILES string of the molecule is COC(=O)[C@@H](N)Cc1ccc(-c2ccc(Br)cc2)cc1.Cl. The third-order valence-corrected chi connectivity index (χ3v) is 3.62. The van der Waals surface area contributed by atoms with Gasteiger partial charge in [-0.15, -0.1) is 12.4 Å². The van der Waals surface area contributed by atoms with Crippen LogP contribution >= 0.6 is 28.3 Å². The topological polar surface area (TPSA) is 52.3 Å². The summed E-state index contributed by atoms with van der Waals surface area (Å²) in [6.45, 7) is 0. The number of carbonyl (C=O) groups excluding carboxylic acids is 1. The number of carbonyl (C=O) groups is 1. The van der Waals surface area contributed by atoms with E-state index in [0.717, 1.165) is 21.2 Å². The lowest BCUT2D eigenvalue weighted by Gasteiger charge is -2.10. The van der Waals surface area contributed by atoms with E-state index in [1.54, 1.807) is 0 Å². The average Bonchev–Trinajstić information content (AvgIpc) is 2.48. The van der Waals surface area contributed by atoms with Crippen LogP contribution in [-0.4, -0.2) is 19.1 Å². The second-order valence-corrected chi connectivity index (χ2v) is 5.45. The van der Waals surface area contributed by atoms with Gasteiger partial charge in [0.15, 0.2) is 0 Å². The second-order valence-electron chi connectivity index (χ2n) is 4.54. The molecule has 1 atom stereocenters. The summed E-state index contributed by atoms with van der Waals surface area (Å²) in [4.78, 5) is 11.3. The average molecular weight is 371 g/mol. The highest BCUT2D eigenvalue weighted by atomic mass is 79.9. The van der Waals surface area contributed by atoms with Crippen LogP contribution in [0, 0.1) is 0 Å². The Labute approximate surface area is 139 Å². The van der Waals surface area contributed by atoms with Gasteiger partial charge >= 0.3 is 5.97 Å². The van der Waals surface area contributed by atoms with Crippen molar-refractivity contribution in [3.63, 3.8) is 0 Å². The van der Waals surface area contributed by atoms with E-state index in [9.17, 15) is 4.79 Å². The molecule has 2 rings (SSSR count). The maximum Gasteiger partial charge on any atom is 0.322 e. The fourth-order valence-corrected chi connectivity index (χ4v) is 2.23. The normalized spacial score (nSPS) is 11.4. The van der Waals surface area contributed by atoms with Crippen molar-refractivity contribution in [2.24, 2.45) is 5.73 Å². The molecule has 21 heavy (non-hydrogen) atoms. The first-order valence-electron chi connectivity index (χ1n) is 6.28. The summed E-state index contributed by atoms with van der Waals surface area (Å²) in [5.41, 5.74) is 9.05. The number of methoxy groups -OCH3 is 1. The lowest BCUT2D eigenvalue weighted by Crippen LogP contribution is -2.33. The minimum absolute atomic E-state index is 0. The molecule has 0 bridgehead atoms. The quantitative estimate of drug-likeness (QED) is 0.837. The summed E-state index contributed by atoms with van der Waals surface area (Å²) in [5.74, 6) is -0.387. The van der Waals surface area contributed by atoms with Crippen molar-refractivity contribution in [1.29, 1.82) is 0 Å². The first-order chi connectivity index (χ1) is 9.60. The zero-order chi connectivity index (χ0) is 14.5. The van der Waals surface area contributed by atoms with Crippen molar-refractivity contribution in [1.82, 2.24) is 0 Å². The van der Waals surface area contributed by atoms with Crippen molar-refractivity contribution >= 4 is 34.3 Å². The lowest BCUT2D eigenvalue weighted by molar-refractivity contribution is -0.142. The highest BCUT2D eigenvalue weighted by Gasteiger charge is 2.13. The third kappa shape index (κ3) is 4.84. The summed E-state index contributed by atoms with van der Waals surface area (Å²) in [6.07, 6.45) is 0.479. The zero-order valence-corrected chi connectivity index (χ0v) is 14.0. The van der Waals surface area contributed by atoms with E-state index in [2.05, 4.69) is 32.8 Å². The Morgan fingerprint density at radius 3 is 2.05 bits per heavy atom. The minimum Gasteiger partial charge on any atom is -0.468 e. The number of hydrogen-bond donors (Lipinski definition) is 1. The first kappa shape index (κ1) is 17.7. The van der Waals surface area contributed by atoms with E-state index in [4.69, 9.17) is 5.73 Å². The molecule has 0 unspecified atom stereocenters. The lowest BCUT2D eigenvalue weighted by atomic mass is 10.0. The maximum absolute atomic E-state index is 11.3. The Balaban J connectivity index is 0.00000220. The van der Waals surface area contributed by atoms with Crippen molar-refractivity contribution in [2.75, 3.05) is 7.11 Å². The van der Waals surface area contributed by atoms with Gasteiger partial charge in [-0.05, 0) is 35.2 Å². The number of benzene rings is 2. The molecule has 0 aliphatic rings. The monoisotopic (exact) mass is 369 g/mol. The van der Waals surface area contributed by atoms with Crippen LogP contribution in [0.1, 0.15) is 5.56 Å². The molecule has 0 aromatic heterocycles. The molecule has 112 valence electrons. The largest absolute Gasteiger partial charge is 0.468 e. The molecule has 2 aromatic carbocycles. The standard InChI is InChI=1S/C16H16BrNO2.ClH/c1-20-16(19)15(18)10-11-2-4-12(5-3-11)13-6-8-14(17)9-7-13;/h2-9,15H,10,18H2,1H3;1H/t15-;/m0./s1. The van der Waals surface area contributed by atoms with E-state index in [1.165, 1.54) is 7.11 Å². The van der Waals surface area contributed by atoms with E-state index in [-0.39, 0.29) is 18.4 Å². The number of esters is 1.